The summed E-state index contributed by atoms with van der Waals surface area (Å²) >= 11 is 0. The van der Waals surface area contributed by atoms with Gasteiger partial charge in [-0.25, -0.2) is 0 Å². The van der Waals surface area contributed by atoms with Gasteiger partial charge in [0.05, 0.1) is 6.61 Å². The molecule has 1 unspecified atom stereocenters. The maximum Gasteiger partial charge on any atom is 0.0684 e. The number of fused-ring (bicyclic) bond motifs is 1. The summed E-state index contributed by atoms with van der Waals surface area (Å²) in [5, 5.41) is 9.12. The van der Waals surface area contributed by atoms with Gasteiger partial charge in [0.1, 0.15) is 0 Å². The van der Waals surface area contributed by atoms with Crippen LogP contribution in [0.2, 0.25) is 0 Å². The van der Waals surface area contributed by atoms with Gasteiger partial charge in [-0.1, -0.05) is 25.1 Å². The number of aliphatic hydroxyl groups excluding tert-OH is 1. The number of hydrogen-bond donors (Lipinski definition) is 1. The smallest absolute Gasteiger partial charge is 0.0684 e. The molecule has 1 aromatic rings. The molecule has 0 fully saturated rings. The third kappa shape index (κ3) is 1.05. The lowest BCUT2D eigenvalue weighted by atomic mass is 9.98. The Morgan fingerprint density at radius 3 is 3.08 bits per heavy atom. The second kappa shape index (κ2) is 2.91. The predicted octanol–water partition coefficient (Wildman–Crippen LogP) is 2.23. The van der Waals surface area contributed by atoms with Crippen molar-refractivity contribution in [2.24, 2.45) is 0 Å². The van der Waals surface area contributed by atoms with Crippen LogP contribution in [0.1, 0.15) is 36.0 Å². The summed E-state index contributed by atoms with van der Waals surface area (Å²) in [6.45, 7) is 2.43. The van der Waals surface area contributed by atoms with Crippen molar-refractivity contribution in [1.82, 2.24) is 0 Å². The lowest BCUT2D eigenvalue weighted by Gasteiger charge is -2.09. The Balaban J connectivity index is 2.53. The van der Waals surface area contributed by atoms with Crippen LogP contribution in [0.25, 0.3) is 0 Å². The SMILES string of the molecule is CC1CCc2cccc(CO)c21. The molecule has 1 nitrogen and oxygen atoms in total. The first kappa shape index (κ1) is 7.81. The number of aryl methyl sites for hydroxylation is 1. The van der Waals surface area contributed by atoms with E-state index in [-0.39, 0.29) is 6.61 Å². The van der Waals surface area contributed by atoms with E-state index in [1.54, 1.807) is 0 Å². The van der Waals surface area contributed by atoms with Gasteiger partial charge >= 0.3 is 0 Å². The molecule has 0 spiro atoms. The number of rotatable bonds is 1. The van der Waals surface area contributed by atoms with Gasteiger partial charge in [-0.05, 0) is 35.4 Å². The van der Waals surface area contributed by atoms with Gasteiger partial charge in [-0.3, -0.25) is 0 Å². The molecule has 0 aromatic heterocycles. The maximum absolute atomic E-state index is 9.12. The highest BCUT2D eigenvalue weighted by Crippen LogP contribution is 2.34. The highest BCUT2D eigenvalue weighted by Gasteiger charge is 2.20. The Kier molecular flexibility index (Phi) is 1.89. The summed E-state index contributed by atoms with van der Waals surface area (Å²) in [4.78, 5) is 0. The Bertz CT molecular complexity index is 291. The molecule has 1 aromatic carbocycles. The van der Waals surface area contributed by atoms with E-state index in [1.165, 1.54) is 24.0 Å². The molecule has 1 aliphatic rings. The Morgan fingerprint density at radius 2 is 2.33 bits per heavy atom. The largest absolute Gasteiger partial charge is 0.392 e. The number of aliphatic hydroxyl groups is 1. The molecule has 0 aliphatic heterocycles. The summed E-state index contributed by atoms with van der Waals surface area (Å²) in [5.41, 5.74) is 3.96. The number of hydrogen-bond acceptors (Lipinski definition) is 1. The molecular weight excluding hydrogens is 148 g/mol. The first-order valence-electron chi connectivity index (χ1n) is 4.54. The summed E-state index contributed by atoms with van der Waals surface area (Å²) < 4.78 is 0. The number of benzene rings is 1. The van der Waals surface area contributed by atoms with Crippen LogP contribution < -0.4 is 0 Å². The topological polar surface area (TPSA) is 20.2 Å². The van der Waals surface area contributed by atoms with Crippen LogP contribution in [0.15, 0.2) is 18.2 Å². The molecule has 1 heteroatoms. The monoisotopic (exact) mass is 162 g/mol. The highest BCUT2D eigenvalue weighted by atomic mass is 16.3. The van der Waals surface area contributed by atoms with E-state index in [9.17, 15) is 0 Å². The minimum atomic E-state index is 0.188. The Morgan fingerprint density at radius 1 is 1.50 bits per heavy atom. The molecule has 1 N–H and O–H groups in total. The Hall–Kier alpha value is -0.820. The quantitative estimate of drug-likeness (QED) is 0.671. The van der Waals surface area contributed by atoms with Gasteiger partial charge in [0.2, 0.25) is 0 Å². The summed E-state index contributed by atoms with van der Waals surface area (Å²) in [7, 11) is 0. The maximum atomic E-state index is 9.12. The van der Waals surface area contributed by atoms with Crippen molar-refractivity contribution in [3.63, 3.8) is 0 Å². The van der Waals surface area contributed by atoms with Crippen LogP contribution in [0.4, 0.5) is 0 Å². The average Bonchev–Trinajstić information content (AvgIpc) is 2.48. The molecule has 2 rings (SSSR count). The van der Waals surface area contributed by atoms with Crippen LogP contribution in [0, 0.1) is 0 Å². The molecule has 0 saturated carbocycles. The first-order valence-corrected chi connectivity index (χ1v) is 4.54. The van der Waals surface area contributed by atoms with E-state index in [0.29, 0.717) is 5.92 Å². The molecule has 0 radical (unpaired) electrons. The van der Waals surface area contributed by atoms with Crippen LogP contribution in [0.3, 0.4) is 0 Å². The second-order valence-corrected chi connectivity index (χ2v) is 3.59. The standard InChI is InChI=1S/C11H14O/c1-8-5-6-9-3-2-4-10(7-12)11(8)9/h2-4,8,12H,5-7H2,1H3. The summed E-state index contributed by atoms with van der Waals surface area (Å²) in [6.07, 6.45) is 2.43. The van der Waals surface area contributed by atoms with Crippen LogP contribution in [-0.4, -0.2) is 5.11 Å². The van der Waals surface area contributed by atoms with Gasteiger partial charge in [-0.2, -0.15) is 0 Å². The second-order valence-electron chi connectivity index (χ2n) is 3.59. The third-order valence-electron chi connectivity index (χ3n) is 2.80. The Labute approximate surface area is 73.0 Å². The molecule has 0 saturated heterocycles. The molecule has 12 heavy (non-hydrogen) atoms. The normalized spacial score (nSPS) is 21.0. The predicted molar refractivity (Wildman–Crippen MR) is 49.1 cm³/mol. The highest BCUT2D eigenvalue weighted by molar-refractivity contribution is 5.40. The molecule has 1 aliphatic carbocycles. The molecule has 1 atom stereocenters. The van der Waals surface area contributed by atoms with Crippen LogP contribution in [0.5, 0.6) is 0 Å². The van der Waals surface area contributed by atoms with Gasteiger partial charge < -0.3 is 5.11 Å². The van der Waals surface area contributed by atoms with Crippen molar-refractivity contribution in [3.05, 3.63) is 34.9 Å². The fourth-order valence-corrected chi connectivity index (χ4v) is 2.17. The lowest BCUT2D eigenvalue weighted by Crippen LogP contribution is -1.95. The van der Waals surface area contributed by atoms with Gasteiger partial charge in [0.25, 0.3) is 0 Å². The van der Waals surface area contributed by atoms with Crippen molar-refractivity contribution in [2.75, 3.05) is 0 Å². The van der Waals surface area contributed by atoms with Gasteiger partial charge in [0.15, 0.2) is 0 Å². The van der Waals surface area contributed by atoms with Crippen molar-refractivity contribution >= 4 is 0 Å². The van der Waals surface area contributed by atoms with Crippen molar-refractivity contribution < 1.29 is 5.11 Å². The van der Waals surface area contributed by atoms with Gasteiger partial charge in [0, 0.05) is 0 Å². The lowest BCUT2D eigenvalue weighted by molar-refractivity contribution is 0.280. The van der Waals surface area contributed by atoms with Crippen LogP contribution >= 0.6 is 0 Å². The average molecular weight is 162 g/mol. The molecule has 0 bridgehead atoms. The molecule has 64 valence electrons. The van der Waals surface area contributed by atoms with Crippen molar-refractivity contribution in [3.8, 4) is 0 Å². The van der Waals surface area contributed by atoms with Crippen LogP contribution in [-0.2, 0) is 13.0 Å². The minimum Gasteiger partial charge on any atom is -0.392 e. The van der Waals surface area contributed by atoms with E-state index < -0.39 is 0 Å². The fourth-order valence-electron chi connectivity index (χ4n) is 2.17. The summed E-state index contributed by atoms with van der Waals surface area (Å²) in [5.74, 6) is 0.642. The molecule has 0 heterocycles. The van der Waals surface area contributed by atoms with E-state index >= 15 is 0 Å². The summed E-state index contributed by atoms with van der Waals surface area (Å²) in [6, 6.07) is 6.25. The minimum absolute atomic E-state index is 0.188. The molecular formula is C11H14O. The van der Waals surface area contributed by atoms with E-state index in [4.69, 9.17) is 5.11 Å². The van der Waals surface area contributed by atoms with Gasteiger partial charge in [-0.15, -0.1) is 0 Å². The van der Waals surface area contributed by atoms with Crippen molar-refractivity contribution in [1.29, 1.82) is 0 Å². The molecule has 0 amide bonds. The van der Waals surface area contributed by atoms with E-state index in [0.717, 1.165) is 5.56 Å². The van der Waals surface area contributed by atoms with Crippen molar-refractivity contribution in [2.45, 2.75) is 32.3 Å². The van der Waals surface area contributed by atoms with E-state index in [1.807, 2.05) is 12.1 Å². The van der Waals surface area contributed by atoms with E-state index in [2.05, 4.69) is 13.0 Å². The third-order valence-corrected chi connectivity index (χ3v) is 2.80. The zero-order chi connectivity index (χ0) is 8.55. The fraction of sp³-hybridized carbons (Fsp3) is 0.455. The first-order chi connectivity index (χ1) is 5.83. The zero-order valence-corrected chi connectivity index (χ0v) is 7.38. The zero-order valence-electron chi connectivity index (χ0n) is 7.38.